The number of ether oxygens (including phenoxy) is 1. The van der Waals surface area contributed by atoms with E-state index in [-0.39, 0.29) is 30.9 Å². The summed E-state index contributed by atoms with van der Waals surface area (Å²) in [6.45, 7) is 1.64. The third kappa shape index (κ3) is 4.22. The third-order valence-electron chi connectivity index (χ3n) is 5.02. The molecular weight excluding hydrogens is 336 g/mol. The van der Waals surface area contributed by atoms with Gasteiger partial charge in [-0.25, -0.2) is 4.79 Å². The second-order valence-electron chi connectivity index (χ2n) is 6.80. The number of hydrogen-bond acceptors (Lipinski definition) is 4. The summed E-state index contributed by atoms with van der Waals surface area (Å²) in [5.74, 6) is -1.57. The Hall–Kier alpha value is -2.41. The van der Waals surface area contributed by atoms with Crippen molar-refractivity contribution in [3.05, 3.63) is 35.9 Å². The van der Waals surface area contributed by atoms with E-state index in [0.29, 0.717) is 32.5 Å². The zero-order chi connectivity index (χ0) is 18.5. The number of rotatable bonds is 4. The van der Waals surface area contributed by atoms with Gasteiger partial charge in [0.2, 0.25) is 11.8 Å². The quantitative estimate of drug-likeness (QED) is 0.857. The topological polar surface area (TPSA) is 87.2 Å². The van der Waals surface area contributed by atoms with Crippen LogP contribution < -0.4 is 0 Å². The van der Waals surface area contributed by atoms with Crippen molar-refractivity contribution >= 4 is 17.8 Å². The van der Waals surface area contributed by atoms with Gasteiger partial charge in [0, 0.05) is 19.6 Å². The molecule has 1 aromatic rings. The Bertz CT molecular complexity index is 663. The molecule has 0 aromatic heterocycles. The molecule has 26 heavy (non-hydrogen) atoms. The Morgan fingerprint density at radius 2 is 1.92 bits per heavy atom. The lowest BCUT2D eigenvalue weighted by molar-refractivity contribution is -0.161. The first kappa shape index (κ1) is 18.4. The summed E-state index contributed by atoms with van der Waals surface area (Å²) in [5, 5.41) is 9.32. The van der Waals surface area contributed by atoms with Crippen molar-refractivity contribution in [3.63, 3.8) is 0 Å². The number of carbonyl (C=O) groups is 3. The lowest BCUT2D eigenvalue weighted by atomic mass is 9.95. The number of carboxylic acid groups (broad SMARTS) is 1. The molecule has 7 nitrogen and oxygen atoms in total. The maximum atomic E-state index is 12.9. The van der Waals surface area contributed by atoms with E-state index in [0.717, 1.165) is 12.0 Å². The summed E-state index contributed by atoms with van der Waals surface area (Å²) in [6, 6.07) is 8.59. The molecule has 3 rings (SSSR count). The van der Waals surface area contributed by atoms with Gasteiger partial charge >= 0.3 is 5.97 Å². The van der Waals surface area contributed by atoms with Crippen LogP contribution in [0.5, 0.6) is 0 Å². The molecule has 0 saturated carbocycles. The van der Waals surface area contributed by atoms with Crippen LogP contribution in [-0.2, 0) is 25.5 Å². The highest BCUT2D eigenvalue weighted by Crippen LogP contribution is 2.22. The minimum atomic E-state index is -1.05. The number of piperidine rings is 1. The minimum absolute atomic E-state index is 0.00506. The van der Waals surface area contributed by atoms with Crippen LogP contribution >= 0.6 is 0 Å². The fraction of sp³-hybridized carbons (Fsp3) is 0.526. The van der Waals surface area contributed by atoms with Gasteiger partial charge in [0.1, 0.15) is 0 Å². The number of carboxylic acids is 1. The fourth-order valence-electron chi connectivity index (χ4n) is 3.59. The molecule has 0 radical (unpaired) electrons. The van der Waals surface area contributed by atoms with Crippen LogP contribution in [0.2, 0.25) is 0 Å². The normalized spacial score (nSPS) is 23.5. The molecule has 0 bridgehead atoms. The first-order valence-electron chi connectivity index (χ1n) is 8.99. The van der Waals surface area contributed by atoms with E-state index in [1.54, 1.807) is 4.90 Å². The lowest BCUT2D eigenvalue weighted by Gasteiger charge is -2.38. The maximum absolute atomic E-state index is 12.9. The average molecular weight is 360 g/mol. The summed E-state index contributed by atoms with van der Waals surface area (Å²) < 4.78 is 5.20. The van der Waals surface area contributed by atoms with Crippen molar-refractivity contribution in [3.8, 4) is 0 Å². The Morgan fingerprint density at radius 1 is 1.15 bits per heavy atom. The van der Waals surface area contributed by atoms with E-state index in [2.05, 4.69) is 0 Å². The smallest absolute Gasteiger partial charge is 0.328 e. The molecule has 2 atom stereocenters. The second-order valence-corrected chi connectivity index (χ2v) is 6.80. The van der Waals surface area contributed by atoms with Crippen LogP contribution in [0.4, 0.5) is 0 Å². The molecule has 0 spiro atoms. The maximum Gasteiger partial charge on any atom is 0.328 e. The molecule has 2 heterocycles. The third-order valence-corrected chi connectivity index (χ3v) is 5.02. The van der Waals surface area contributed by atoms with Gasteiger partial charge in [0.25, 0.3) is 0 Å². The van der Waals surface area contributed by atoms with Crippen LogP contribution in [-0.4, -0.2) is 71.6 Å². The number of morpholine rings is 1. The van der Waals surface area contributed by atoms with Crippen LogP contribution in [0.1, 0.15) is 18.4 Å². The number of likely N-dealkylation sites (tertiary alicyclic amines) is 1. The van der Waals surface area contributed by atoms with Gasteiger partial charge in [-0.1, -0.05) is 30.3 Å². The second kappa shape index (κ2) is 8.31. The largest absolute Gasteiger partial charge is 0.480 e. The van der Waals surface area contributed by atoms with Crippen LogP contribution in [0.15, 0.2) is 30.3 Å². The Balaban J connectivity index is 1.63. The Kier molecular flexibility index (Phi) is 5.88. The van der Waals surface area contributed by atoms with Crippen molar-refractivity contribution in [2.24, 2.45) is 5.92 Å². The van der Waals surface area contributed by atoms with E-state index in [4.69, 9.17) is 4.74 Å². The van der Waals surface area contributed by atoms with Crippen molar-refractivity contribution < 1.29 is 24.2 Å². The van der Waals surface area contributed by atoms with Gasteiger partial charge in [-0.05, 0) is 18.4 Å². The van der Waals surface area contributed by atoms with Crippen LogP contribution in [0.3, 0.4) is 0 Å². The highest BCUT2D eigenvalue weighted by molar-refractivity contribution is 5.86. The van der Waals surface area contributed by atoms with Gasteiger partial charge in [-0.15, -0.1) is 0 Å². The predicted molar refractivity (Wildman–Crippen MR) is 93.4 cm³/mol. The standard InChI is InChI=1S/C19H24N2O5/c22-17(11-14-5-2-1-3-6-14)20-8-4-7-15(12-20)18(23)21-9-10-26-13-16(21)19(24)25/h1-3,5-6,15-16H,4,7-13H2,(H,24,25). The average Bonchev–Trinajstić information content (AvgIpc) is 2.68. The summed E-state index contributed by atoms with van der Waals surface area (Å²) in [4.78, 5) is 40.0. The summed E-state index contributed by atoms with van der Waals surface area (Å²) in [5.41, 5.74) is 0.949. The predicted octanol–water partition coefficient (Wildman–Crippen LogP) is 0.780. The van der Waals surface area contributed by atoms with Crippen molar-refractivity contribution in [2.75, 3.05) is 32.8 Å². The van der Waals surface area contributed by atoms with E-state index in [1.807, 2.05) is 30.3 Å². The molecule has 1 N–H and O–H groups in total. The Labute approximate surface area is 152 Å². The summed E-state index contributed by atoms with van der Waals surface area (Å²) in [7, 11) is 0. The molecular formula is C19H24N2O5. The number of amides is 2. The molecule has 7 heteroatoms. The Morgan fingerprint density at radius 3 is 2.65 bits per heavy atom. The fourth-order valence-corrected chi connectivity index (χ4v) is 3.59. The van der Waals surface area contributed by atoms with Gasteiger partial charge in [0.15, 0.2) is 6.04 Å². The molecule has 2 aliphatic heterocycles. The van der Waals surface area contributed by atoms with Gasteiger partial charge in [-0.2, -0.15) is 0 Å². The molecule has 2 amide bonds. The zero-order valence-corrected chi connectivity index (χ0v) is 14.7. The van der Waals surface area contributed by atoms with E-state index in [1.165, 1.54) is 4.90 Å². The van der Waals surface area contributed by atoms with Crippen molar-refractivity contribution in [1.29, 1.82) is 0 Å². The van der Waals surface area contributed by atoms with Crippen molar-refractivity contribution in [1.82, 2.24) is 9.80 Å². The minimum Gasteiger partial charge on any atom is -0.480 e. The summed E-state index contributed by atoms with van der Waals surface area (Å²) >= 11 is 0. The molecule has 2 aliphatic rings. The van der Waals surface area contributed by atoms with Gasteiger partial charge < -0.3 is 19.6 Å². The number of hydrogen-bond donors (Lipinski definition) is 1. The molecule has 1 aromatic carbocycles. The van der Waals surface area contributed by atoms with E-state index in [9.17, 15) is 19.5 Å². The molecule has 140 valence electrons. The molecule has 2 unspecified atom stereocenters. The number of nitrogens with zero attached hydrogens (tertiary/aromatic N) is 2. The van der Waals surface area contributed by atoms with Crippen molar-refractivity contribution in [2.45, 2.75) is 25.3 Å². The SMILES string of the molecule is O=C(O)C1COCCN1C(=O)C1CCCN(C(=O)Cc2ccccc2)C1. The first-order valence-corrected chi connectivity index (χ1v) is 8.99. The molecule has 2 saturated heterocycles. The van der Waals surface area contributed by atoms with Crippen LogP contribution in [0, 0.1) is 5.92 Å². The van der Waals surface area contributed by atoms with E-state index >= 15 is 0 Å². The molecule has 0 aliphatic carbocycles. The number of carbonyl (C=O) groups excluding carboxylic acids is 2. The van der Waals surface area contributed by atoms with E-state index < -0.39 is 12.0 Å². The number of benzene rings is 1. The molecule has 2 fully saturated rings. The lowest BCUT2D eigenvalue weighted by Crippen LogP contribution is -2.56. The highest BCUT2D eigenvalue weighted by Gasteiger charge is 2.38. The van der Waals surface area contributed by atoms with Crippen LogP contribution in [0.25, 0.3) is 0 Å². The number of aliphatic carboxylic acids is 1. The van der Waals surface area contributed by atoms with Gasteiger partial charge in [0.05, 0.1) is 25.6 Å². The zero-order valence-electron chi connectivity index (χ0n) is 14.7. The highest BCUT2D eigenvalue weighted by atomic mass is 16.5. The monoisotopic (exact) mass is 360 g/mol. The first-order chi connectivity index (χ1) is 12.6. The van der Waals surface area contributed by atoms with Gasteiger partial charge in [-0.3, -0.25) is 9.59 Å². The summed E-state index contributed by atoms with van der Waals surface area (Å²) in [6.07, 6.45) is 1.74.